The Hall–Kier alpha value is -0.620. The van der Waals surface area contributed by atoms with Crippen molar-refractivity contribution in [2.75, 3.05) is 19.8 Å². The standard InChI is InChI=1S/C14H24ClN3O2/c1-4-11-14(15)12(18(3)17-11)8-10(16-5-2)9-13-19-6-7-20-13/h10,13,16H,4-9H2,1-3H3. The molecule has 6 heteroatoms. The summed E-state index contributed by atoms with van der Waals surface area (Å²) in [6, 6.07) is 0.278. The van der Waals surface area contributed by atoms with Crippen LogP contribution in [0.5, 0.6) is 0 Å². The number of nitrogens with zero attached hydrogens (tertiary/aromatic N) is 2. The van der Waals surface area contributed by atoms with Gasteiger partial charge in [-0.2, -0.15) is 5.10 Å². The molecule has 1 unspecified atom stereocenters. The Labute approximate surface area is 125 Å². The quantitative estimate of drug-likeness (QED) is 0.836. The van der Waals surface area contributed by atoms with Crippen LogP contribution in [0.1, 0.15) is 31.7 Å². The van der Waals surface area contributed by atoms with Crippen molar-refractivity contribution in [3.05, 3.63) is 16.4 Å². The molecule has 0 aromatic carbocycles. The van der Waals surface area contributed by atoms with Gasteiger partial charge in [-0.1, -0.05) is 25.4 Å². The van der Waals surface area contributed by atoms with Gasteiger partial charge in [0.25, 0.3) is 0 Å². The second kappa shape index (κ2) is 7.41. The van der Waals surface area contributed by atoms with Crippen LogP contribution in [0.15, 0.2) is 0 Å². The van der Waals surface area contributed by atoms with Crippen molar-refractivity contribution >= 4 is 11.6 Å². The van der Waals surface area contributed by atoms with Crippen molar-refractivity contribution in [3.8, 4) is 0 Å². The molecule has 1 aromatic heterocycles. The number of hydrogen-bond donors (Lipinski definition) is 1. The minimum atomic E-state index is -0.100. The van der Waals surface area contributed by atoms with Crippen LogP contribution in [0, 0.1) is 0 Å². The van der Waals surface area contributed by atoms with E-state index in [-0.39, 0.29) is 12.3 Å². The normalized spacial score (nSPS) is 17.8. The molecule has 5 nitrogen and oxygen atoms in total. The summed E-state index contributed by atoms with van der Waals surface area (Å²) in [6.45, 7) is 6.46. The lowest BCUT2D eigenvalue weighted by Crippen LogP contribution is -2.35. The third-order valence-electron chi connectivity index (χ3n) is 3.60. The largest absolute Gasteiger partial charge is 0.350 e. The summed E-state index contributed by atoms with van der Waals surface area (Å²) in [7, 11) is 1.95. The van der Waals surface area contributed by atoms with Crippen LogP contribution in [-0.2, 0) is 29.4 Å². The van der Waals surface area contributed by atoms with Crippen molar-refractivity contribution in [1.82, 2.24) is 15.1 Å². The monoisotopic (exact) mass is 301 g/mol. The molecular formula is C14H24ClN3O2. The summed E-state index contributed by atoms with van der Waals surface area (Å²) in [5, 5.41) is 8.75. The van der Waals surface area contributed by atoms with Gasteiger partial charge in [0.15, 0.2) is 6.29 Å². The summed E-state index contributed by atoms with van der Waals surface area (Å²) >= 11 is 6.42. The van der Waals surface area contributed by atoms with Gasteiger partial charge >= 0.3 is 0 Å². The molecule has 0 saturated carbocycles. The highest BCUT2D eigenvalue weighted by atomic mass is 35.5. The van der Waals surface area contributed by atoms with E-state index in [0.717, 1.165) is 42.2 Å². The predicted molar refractivity (Wildman–Crippen MR) is 79.1 cm³/mol. The van der Waals surface area contributed by atoms with Gasteiger partial charge in [-0.15, -0.1) is 0 Å². The first-order valence-corrected chi connectivity index (χ1v) is 7.70. The smallest absolute Gasteiger partial charge is 0.159 e. The zero-order valence-electron chi connectivity index (χ0n) is 12.5. The zero-order valence-corrected chi connectivity index (χ0v) is 13.2. The van der Waals surface area contributed by atoms with Crippen LogP contribution in [0.3, 0.4) is 0 Å². The van der Waals surface area contributed by atoms with E-state index >= 15 is 0 Å². The number of rotatable bonds is 7. The summed E-state index contributed by atoms with van der Waals surface area (Å²) < 4.78 is 13.0. The Bertz CT molecular complexity index is 430. The molecule has 0 spiro atoms. The van der Waals surface area contributed by atoms with Crippen LogP contribution in [-0.4, -0.2) is 41.9 Å². The average molecular weight is 302 g/mol. The molecule has 2 rings (SSSR count). The van der Waals surface area contributed by atoms with Crippen LogP contribution in [0.25, 0.3) is 0 Å². The lowest BCUT2D eigenvalue weighted by Gasteiger charge is -2.21. The van der Waals surface area contributed by atoms with Crippen LogP contribution >= 0.6 is 11.6 Å². The van der Waals surface area contributed by atoms with Gasteiger partial charge in [0.2, 0.25) is 0 Å². The lowest BCUT2D eigenvalue weighted by atomic mass is 10.1. The van der Waals surface area contributed by atoms with Crippen LogP contribution < -0.4 is 5.32 Å². The Kier molecular flexibility index (Phi) is 5.84. The molecule has 1 fully saturated rings. The van der Waals surface area contributed by atoms with Crippen molar-refractivity contribution in [2.45, 2.75) is 45.4 Å². The number of ether oxygens (including phenoxy) is 2. The molecule has 20 heavy (non-hydrogen) atoms. The third kappa shape index (κ3) is 3.73. The van der Waals surface area contributed by atoms with E-state index in [4.69, 9.17) is 21.1 Å². The van der Waals surface area contributed by atoms with E-state index in [0.29, 0.717) is 13.2 Å². The van der Waals surface area contributed by atoms with Crippen molar-refractivity contribution in [2.24, 2.45) is 7.05 Å². The minimum Gasteiger partial charge on any atom is -0.350 e. The fourth-order valence-corrected chi connectivity index (χ4v) is 2.95. The van der Waals surface area contributed by atoms with Crippen molar-refractivity contribution in [1.29, 1.82) is 0 Å². The highest BCUT2D eigenvalue weighted by Gasteiger charge is 2.23. The van der Waals surface area contributed by atoms with E-state index in [2.05, 4.69) is 24.3 Å². The fourth-order valence-electron chi connectivity index (χ4n) is 2.58. The maximum absolute atomic E-state index is 6.42. The highest BCUT2D eigenvalue weighted by molar-refractivity contribution is 6.31. The van der Waals surface area contributed by atoms with Gasteiger partial charge < -0.3 is 14.8 Å². The molecule has 0 radical (unpaired) electrons. The molecule has 0 aliphatic carbocycles. The first kappa shape index (κ1) is 15.8. The molecule has 0 amide bonds. The van der Waals surface area contributed by atoms with E-state index < -0.39 is 0 Å². The SMILES string of the molecule is CCNC(Cc1c(Cl)c(CC)nn1C)CC1OCCO1. The maximum Gasteiger partial charge on any atom is 0.159 e. The maximum atomic E-state index is 6.42. The topological polar surface area (TPSA) is 48.3 Å². The molecule has 1 aliphatic heterocycles. The number of hydrogen-bond acceptors (Lipinski definition) is 4. The highest BCUT2D eigenvalue weighted by Crippen LogP contribution is 2.23. The van der Waals surface area contributed by atoms with Gasteiger partial charge in [0.1, 0.15) is 0 Å². The Balaban J connectivity index is 2.04. The second-order valence-corrected chi connectivity index (χ2v) is 5.43. The lowest BCUT2D eigenvalue weighted by molar-refractivity contribution is -0.0526. The van der Waals surface area contributed by atoms with Gasteiger partial charge in [0, 0.05) is 25.9 Å². The summed E-state index contributed by atoms with van der Waals surface area (Å²) in [4.78, 5) is 0. The Morgan fingerprint density at radius 1 is 1.40 bits per heavy atom. The molecule has 1 aromatic rings. The number of aromatic nitrogens is 2. The molecule has 2 heterocycles. The zero-order chi connectivity index (χ0) is 14.5. The number of aryl methyl sites for hydroxylation is 2. The van der Waals surface area contributed by atoms with Gasteiger partial charge in [-0.25, -0.2) is 0 Å². The molecule has 1 saturated heterocycles. The summed E-state index contributed by atoms with van der Waals surface area (Å²) in [6.07, 6.45) is 2.42. The summed E-state index contributed by atoms with van der Waals surface area (Å²) in [5.41, 5.74) is 2.04. The van der Waals surface area contributed by atoms with Crippen LogP contribution in [0.2, 0.25) is 5.02 Å². The molecule has 1 atom stereocenters. The molecule has 1 N–H and O–H groups in total. The van der Waals surface area contributed by atoms with Gasteiger partial charge in [-0.3, -0.25) is 4.68 Å². The second-order valence-electron chi connectivity index (χ2n) is 5.05. The molecule has 0 bridgehead atoms. The van der Waals surface area contributed by atoms with Gasteiger partial charge in [0.05, 0.1) is 29.6 Å². The molecule has 114 valence electrons. The fraction of sp³-hybridized carbons (Fsp3) is 0.786. The van der Waals surface area contributed by atoms with E-state index in [1.165, 1.54) is 0 Å². The first-order valence-electron chi connectivity index (χ1n) is 7.32. The number of likely N-dealkylation sites (N-methyl/N-ethyl adjacent to an activating group) is 1. The molecular weight excluding hydrogens is 278 g/mol. The predicted octanol–water partition coefficient (Wildman–Crippen LogP) is 1.92. The van der Waals surface area contributed by atoms with Crippen molar-refractivity contribution in [3.63, 3.8) is 0 Å². The number of nitrogens with one attached hydrogen (secondary N) is 1. The summed E-state index contributed by atoms with van der Waals surface area (Å²) in [5.74, 6) is 0. The first-order chi connectivity index (χ1) is 9.65. The third-order valence-corrected chi connectivity index (χ3v) is 4.04. The van der Waals surface area contributed by atoms with E-state index in [1.807, 2.05) is 11.7 Å². The molecule has 1 aliphatic rings. The average Bonchev–Trinajstić information content (AvgIpc) is 3.02. The Morgan fingerprint density at radius 2 is 2.10 bits per heavy atom. The van der Waals surface area contributed by atoms with Gasteiger partial charge in [-0.05, 0) is 13.0 Å². The number of halogens is 1. The van der Waals surface area contributed by atoms with E-state index in [9.17, 15) is 0 Å². The minimum absolute atomic E-state index is 0.100. The Morgan fingerprint density at radius 3 is 2.65 bits per heavy atom. The van der Waals surface area contributed by atoms with Crippen LogP contribution in [0.4, 0.5) is 0 Å². The van der Waals surface area contributed by atoms with Crippen molar-refractivity contribution < 1.29 is 9.47 Å². The van der Waals surface area contributed by atoms with E-state index in [1.54, 1.807) is 0 Å².